The molecule has 0 saturated carbocycles. The number of carboxylic acid groups (broad SMARTS) is 1. The normalized spacial score (nSPS) is 15.2. The molecule has 1 aromatic carbocycles. The summed E-state index contributed by atoms with van der Waals surface area (Å²) >= 11 is 0. The number of aliphatic hydroxyl groups excluding tert-OH is 1. The van der Waals surface area contributed by atoms with Gasteiger partial charge in [-0.3, -0.25) is 4.79 Å². The van der Waals surface area contributed by atoms with Crippen LogP contribution in [0.4, 0.5) is 17.6 Å². The van der Waals surface area contributed by atoms with Gasteiger partial charge < -0.3 is 15.9 Å². The van der Waals surface area contributed by atoms with Crippen molar-refractivity contribution in [1.29, 1.82) is 0 Å². The van der Waals surface area contributed by atoms with Gasteiger partial charge in [-0.05, 0) is 6.07 Å². The highest BCUT2D eigenvalue weighted by molar-refractivity contribution is 5.74. The third kappa shape index (κ3) is 2.77. The first-order valence-electron chi connectivity index (χ1n) is 4.68. The summed E-state index contributed by atoms with van der Waals surface area (Å²) < 4.78 is 50.7. The molecule has 0 saturated heterocycles. The van der Waals surface area contributed by atoms with Crippen LogP contribution in [0.15, 0.2) is 18.2 Å². The first-order valence-corrected chi connectivity index (χ1v) is 4.68. The van der Waals surface area contributed by atoms with E-state index in [0.717, 1.165) is 12.1 Å². The lowest BCUT2D eigenvalue weighted by Gasteiger charge is -2.18. The third-order valence-corrected chi connectivity index (χ3v) is 2.28. The summed E-state index contributed by atoms with van der Waals surface area (Å²) in [5.74, 6) is -3.38. The summed E-state index contributed by atoms with van der Waals surface area (Å²) in [6, 6.07) is 0.275. The van der Waals surface area contributed by atoms with Crippen molar-refractivity contribution in [2.24, 2.45) is 5.73 Å². The van der Waals surface area contributed by atoms with Gasteiger partial charge in [0.2, 0.25) is 0 Å². The first-order chi connectivity index (χ1) is 8.16. The first kappa shape index (κ1) is 14.4. The summed E-state index contributed by atoms with van der Waals surface area (Å²) in [5.41, 5.74) is 2.63. The van der Waals surface area contributed by atoms with Crippen LogP contribution < -0.4 is 5.73 Å². The van der Waals surface area contributed by atoms with E-state index in [-0.39, 0.29) is 0 Å². The van der Waals surface area contributed by atoms with E-state index in [1.165, 1.54) is 0 Å². The van der Waals surface area contributed by atoms with Gasteiger partial charge in [-0.1, -0.05) is 12.1 Å². The molecule has 4 N–H and O–H groups in total. The Hall–Kier alpha value is -1.67. The Morgan fingerprint density at radius 3 is 2.33 bits per heavy atom. The van der Waals surface area contributed by atoms with Crippen LogP contribution in [0.5, 0.6) is 0 Å². The number of benzene rings is 1. The minimum atomic E-state index is -4.94. The molecule has 1 rings (SSSR count). The van der Waals surface area contributed by atoms with Crippen LogP contribution in [0.2, 0.25) is 0 Å². The predicted octanol–water partition coefficient (Wildman–Crippen LogP) is 1.29. The minimum absolute atomic E-state index is 0.484. The second-order valence-corrected chi connectivity index (χ2v) is 3.52. The SMILES string of the molecule is NC(C(=O)O)C(O)c1cccc(C(F)(F)F)c1F. The highest BCUT2D eigenvalue weighted by Crippen LogP contribution is 2.34. The monoisotopic (exact) mass is 267 g/mol. The molecule has 0 heterocycles. The highest BCUT2D eigenvalue weighted by atomic mass is 19.4. The topological polar surface area (TPSA) is 83.6 Å². The fourth-order valence-electron chi connectivity index (χ4n) is 1.33. The molecule has 0 aliphatic heterocycles. The fraction of sp³-hybridized carbons (Fsp3) is 0.300. The molecule has 18 heavy (non-hydrogen) atoms. The molecule has 0 fully saturated rings. The predicted molar refractivity (Wildman–Crippen MR) is 52.0 cm³/mol. The van der Waals surface area contributed by atoms with E-state index in [9.17, 15) is 27.5 Å². The lowest BCUT2D eigenvalue weighted by atomic mass is 9.99. The average molecular weight is 267 g/mol. The van der Waals surface area contributed by atoms with Gasteiger partial charge in [-0.2, -0.15) is 13.2 Å². The summed E-state index contributed by atoms with van der Waals surface area (Å²) in [6.07, 6.45) is -7.00. The molecule has 2 unspecified atom stereocenters. The Bertz CT molecular complexity index is 461. The van der Waals surface area contributed by atoms with Crippen LogP contribution in [0, 0.1) is 5.82 Å². The summed E-state index contributed by atoms with van der Waals surface area (Å²) in [4.78, 5) is 10.5. The van der Waals surface area contributed by atoms with Gasteiger partial charge in [0, 0.05) is 5.56 Å². The van der Waals surface area contributed by atoms with Crippen LogP contribution >= 0.6 is 0 Å². The fourth-order valence-corrected chi connectivity index (χ4v) is 1.33. The summed E-state index contributed by atoms with van der Waals surface area (Å²) in [6.45, 7) is 0. The van der Waals surface area contributed by atoms with Gasteiger partial charge in [0.05, 0.1) is 5.56 Å². The minimum Gasteiger partial charge on any atom is -0.480 e. The van der Waals surface area contributed by atoms with Crippen LogP contribution in [0.3, 0.4) is 0 Å². The van der Waals surface area contributed by atoms with E-state index >= 15 is 0 Å². The molecule has 0 bridgehead atoms. The number of carboxylic acids is 1. The molecule has 0 aromatic heterocycles. The summed E-state index contributed by atoms with van der Waals surface area (Å²) in [5, 5.41) is 17.9. The van der Waals surface area contributed by atoms with E-state index < -0.39 is 41.2 Å². The van der Waals surface area contributed by atoms with E-state index in [1.807, 2.05) is 0 Å². The van der Waals surface area contributed by atoms with Crippen molar-refractivity contribution in [1.82, 2.24) is 0 Å². The molecule has 100 valence electrons. The van der Waals surface area contributed by atoms with Crippen molar-refractivity contribution in [2.75, 3.05) is 0 Å². The zero-order valence-electron chi connectivity index (χ0n) is 8.78. The number of carbonyl (C=O) groups is 1. The molecular formula is C10H9F4NO3. The van der Waals surface area contributed by atoms with E-state index in [4.69, 9.17) is 10.8 Å². The van der Waals surface area contributed by atoms with Gasteiger partial charge in [-0.15, -0.1) is 0 Å². The Morgan fingerprint density at radius 1 is 1.33 bits per heavy atom. The molecule has 4 nitrogen and oxygen atoms in total. The zero-order valence-corrected chi connectivity index (χ0v) is 8.78. The smallest absolute Gasteiger partial charge is 0.419 e. The van der Waals surface area contributed by atoms with Gasteiger partial charge in [-0.25, -0.2) is 4.39 Å². The second-order valence-electron chi connectivity index (χ2n) is 3.52. The van der Waals surface area contributed by atoms with E-state index in [0.29, 0.717) is 6.07 Å². The van der Waals surface area contributed by atoms with Crippen LogP contribution in [0.25, 0.3) is 0 Å². The number of hydrogen-bond acceptors (Lipinski definition) is 3. The Kier molecular flexibility index (Phi) is 3.92. The van der Waals surface area contributed by atoms with Crippen molar-refractivity contribution in [3.05, 3.63) is 35.1 Å². The molecule has 0 aliphatic carbocycles. The lowest BCUT2D eigenvalue weighted by molar-refractivity contribution is -0.141. The van der Waals surface area contributed by atoms with Crippen molar-refractivity contribution in [2.45, 2.75) is 18.3 Å². The maximum Gasteiger partial charge on any atom is 0.419 e. The number of alkyl halides is 3. The van der Waals surface area contributed by atoms with Gasteiger partial charge >= 0.3 is 12.1 Å². The number of aliphatic hydroxyl groups is 1. The number of hydrogen-bond donors (Lipinski definition) is 3. The van der Waals surface area contributed by atoms with Crippen molar-refractivity contribution in [3.63, 3.8) is 0 Å². The molecule has 0 radical (unpaired) electrons. The standard InChI is InChI=1S/C10H9F4NO3/c11-6-4(8(16)7(15)9(17)18)2-1-3-5(6)10(12,13)14/h1-3,7-8,16H,15H2,(H,17,18). The quantitative estimate of drug-likeness (QED) is 0.720. The Morgan fingerprint density at radius 2 is 1.89 bits per heavy atom. The molecular weight excluding hydrogens is 258 g/mol. The molecule has 0 aliphatic rings. The van der Waals surface area contributed by atoms with Gasteiger partial charge in [0.25, 0.3) is 0 Å². The van der Waals surface area contributed by atoms with Crippen molar-refractivity contribution in [3.8, 4) is 0 Å². The molecule has 2 atom stereocenters. The average Bonchev–Trinajstić information content (AvgIpc) is 2.25. The second kappa shape index (κ2) is 4.91. The highest BCUT2D eigenvalue weighted by Gasteiger charge is 2.37. The van der Waals surface area contributed by atoms with Gasteiger partial charge in [0.1, 0.15) is 18.0 Å². The Balaban J connectivity index is 3.23. The molecule has 8 heteroatoms. The summed E-state index contributed by atoms with van der Waals surface area (Å²) in [7, 11) is 0. The van der Waals surface area contributed by atoms with E-state index in [2.05, 4.69) is 0 Å². The molecule has 0 spiro atoms. The number of aliphatic carboxylic acids is 1. The van der Waals surface area contributed by atoms with Crippen LogP contribution in [-0.4, -0.2) is 22.2 Å². The lowest BCUT2D eigenvalue weighted by Crippen LogP contribution is -2.37. The largest absolute Gasteiger partial charge is 0.480 e. The molecule has 1 aromatic rings. The third-order valence-electron chi connectivity index (χ3n) is 2.28. The maximum atomic E-state index is 13.5. The zero-order chi connectivity index (χ0) is 14.1. The van der Waals surface area contributed by atoms with Crippen LogP contribution in [-0.2, 0) is 11.0 Å². The van der Waals surface area contributed by atoms with Crippen LogP contribution in [0.1, 0.15) is 17.2 Å². The molecule has 0 amide bonds. The van der Waals surface area contributed by atoms with Gasteiger partial charge in [0.15, 0.2) is 0 Å². The maximum absolute atomic E-state index is 13.5. The van der Waals surface area contributed by atoms with Crippen molar-refractivity contribution >= 4 is 5.97 Å². The number of halogens is 4. The number of rotatable bonds is 3. The van der Waals surface area contributed by atoms with E-state index in [1.54, 1.807) is 0 Å². The van der Waals surface area contributed by atoms with Crippen molar-refractivity contribution < 1.29 is 32.6 Å². The number of nitrogens with two attached hydrogens (primary N) is 1. The Labute approximate surface area is 98.6 Å².